The number of aryl methyl sites for hydroxylation is 1. The summed E-state index contributed by atoms with van der Waals surface area (Å²) in [6.07, 6.45) is 5.32. The molecule has 1 N–H and O–H groups in total. The van der Waals surface area contributed by atoms with E-state index >= 15 is 0 Å². The van der Waals surface area contributed by atoms with Crippen molar-refractivity contribution in [2.75, 3.05) is 5.32 Å². The van der Waals surface area contributed by atoms with Gasteiger partial charge in [0.05, 0.1) is 6.33 Å². The van der Waals surface area contributed by atoms with E-state index in [1.54, 1.807) is 0 Å². The number of amides is 1. The molecule has 0 spiro atoms. The first-order chi connectivity index (χ1) is 10.8. The molecule has 0 saturated carbocycles. The van der Waals surface area contributed by atoms with Crippen molar-refractivity contribution in [2.45, 2.75) is 19.4 Å². The van der Waals surface area contributed by atoms with Gasteiger partial charge in [0.15, 0.2) is 0 Å². The summed E-state index contributed by atoms with van der Waals surface area (Å²) < 4.78 is 2.12. The quantitative estimate of drug-likeness (QED) is 0.788. The van der Waals surface area contributed by atoms with Crippen molar-refractivity contribution in [2.24, 2.45) is 5.92 Å². The van der Waals surface area contributed by atoms with Gasteiger partial charge in [-0.05, 0) is 29.3 Å². The summed E-state index contributed by atoms with van der Waals surface area (Å²) in [5.41, 5.74) is 2.01. The highest BCUT2D eigenvalue weighted by Gasteiger charge is 2.24. The first-order valence-corrected chi connectivity index (χ1v) is 7.58. The lowest BCUT2D eigenvalue weighted by atomic mass is 9.95. The van der Waals surface area contributed by atoms with Crippen LogP contribution in [0.25, 0.3) is 10.8 Å². The van der Waals surface area contributed by atoms with Crippen LogP contribution in [-0.4, -0.2) is 15.5 Å². The molecule has 1 aliphatic heterocycles. The molecule has 1 amide bonds. The third kappa shape index (κ3) is 2.37. The number of carbonyl (C=O) groups is 1. The molecule has 1 aliphatic rings. The number of rotatable bonds is 2. The van der Waals surface area contributed by atoms with E-state index < -0.39 is 0 Å². The maximum absolute atomic E-state index is 12.5. The van der Waals surface area contributed by atoms with Crippen LogP contribution in [0, 0.1) is 5.92 Å². The summed E-state index contributed by atoms with van der Waals surface area (Å²) >= 11 is 0. The monoisotopic (exact) mass is 291 g/mol. The average Bonchev–Trinajstić information content (AvgIpc) is 3.02. The lowest BCUT2D eigenvalue weighted by Gasteiger charge is -2.23. The summed E-state index contributed by atoms with van der Waals surface area (Å²) in [4.78, 5) is 16.6. The molecule has 0 saturated heterocycles. The highest BCUT2D eigenvalue weighted by Crippen LogP contribution is 2.23. The maximum Gasteiger partial charge on any atom is 0.227 e. The van der Waals surface area contributed by atoms with Gasteiger partial charge in [-0.25, -0.2) is 4.98 Å². The molecule has 2 heterocycles. The zero-order chi connectivity index (χ0) is 14.9. The van der Waals surface area contributed by atoms with E-state index in [2.05, 4.69) is 27.0 Å². The van der Waals surface area contributed by atoms with Gasteiger partial charge < -0.3 is 9.88 Å². The lowest BCUT2D eigenvalue weighted by Crippen LogP contribution is -2.29. The number of nitrogens with zero attached hydrogens (tertiary/aromatic N) is 2. The van der Waals surface area contributed by atoms with E-state index in [0.717, 1.165) is 36.2 Å². The van der Waals surface area contributed by atoms with Gasteiger partial charge in [-0.2, -0.15) is 0 Å². The van der Waals surface area contributed by atoms with Gasteiger partial charge in [0.1, 0.15) is 0 Å². The van der Waals surface area contributed by atoms with Crippen LogP contribution < -0.4 is 5.32 Å². The first-order valence-electron chi connectivity index (χ1n) is 7.58. The summed E-state index contributed by atoms with van der Waals surface area (Å²) in [7, 11) is 0. The van der Waals surface area contributed by atoms with Crippen LogP contribution in [0.3, 0.4) is 0 Å². The van der Waals surface area contributed by atoms with Crippen molar-refractivity contribution in [1.29, 1.82) is 0 Å². The van der Waals surface area contributed by atoms with Gasteiger partial charge >= 0.3 is 0 Å². The minimum atomic E-state index is 0.0238. The molecule has 1 aromatic heterocycles. The van der Waals surface area contributed by atoms with Gasteiger partial charge in [-0.15, -0.1) is 0 Å². The fourth-order valence-corrected chi connectivity index (χ4v) is 3.10. The summed E-state index contributed by atoms with van der Waals surface area (Å²) in [5.74, 6) is 0.124. The maximum atomic E-state index is 12.5. The Bertz CT molecular complexity index is 837. The topological polar surface area (TPSA) is 46.9 Å². The SMILES string of the molecule is O=C(Nc1ccc2ccccc2c1)C1CCn2cncc2C1. The number of nitrogens with one attached hydrogen (secondary N) is 1. The second-order valence-electron chi connectivity index (χ2n) is 5.82. The zero-order valence-corrected chi connectivity index (χ0v) is 12.2. The standard InChI is InChI=1S/C18H17N3O/c22-18(15-7-8-21-12-19-11-17(21)10-15)20-16-6-5-13-3-1-2-4-14(13)9-16/h1-6,9,11-12,15H,7-8,10H2,(H,20,22). The molecule has 22 heavy (non-hydrogen) atoms. The molecule has 4 heteroatoms. The van der Waals surface area contributed by atoms with E-state index in [9.17, 15) is 4.79 Å². The Kier molecular flexibility index (Phi) is 3.15. The lowest BCUT2D eigenvalue weighted by molar-refractivity contribution is -0.120. The third-order valence-electron chi connectivity index (χ3n) is 4.36. The van der Waals surface area contributed by atoms with Crippen molar-refractivity contribution in [1.82, 2.24) is 9.55 Å². The van der Waals surface area contributed by atoms with E-state index in [0.29, 0.717) is 0 Å². The Labute approximate surface area is 128 Å². The fourth-order valence-electron chi connectivity index (χ4n) is 3.10. The average molecular weight is 291 g/mol. The number of aromatic nitrogens is 2. The Morgan fingerprint density at radius 3 is 2.95 bits per heavy atom. The van der Waals surface area contributed by atoms with E-state index in [4.69, 9.17) is 0 Å². The molecule has 110 valence electrons. The smallest absolute Gasteiger partial charge is 0.227 e. The molecule has 3 aromatic rings. The molecule has 4 nitrogen and oxygen atoms in total. The molecule has 0 aliphatic carbocycles. The number of anilines is 1. The van der Waals surface area contributed by atoms with Crippen LogP contribution in [0.15, 0.2) is 55.0 Å². The van der Waals surface area contributed by atoms with Crippen LogP contribution >= 0.6 is 0 Å². The highest BCUT2D eigenvalue weighted by atomic mass is 16.1. The highest BCUT2D eigenvalue weighted by molar-refractivity contribution is 5.95. The molecule has 0 fully saturated rings. The minimum Gasteiger partial charge on any atom is -0.335 e. The molecule has 0 bridgehead atoms. The van der Waals surface area contributed by atoms with Crippen LogP contribution in [0.1, 0.15) is 12.1 Å². The van der Waals surface area contributed by atoms with Gasteiger partial charge in [0.25, 0.3) is 0 Å². The summed E-state index contributed by atoms with van der Waals surface area (Å²) in [5, 5.41) is 5.38. The summed E-state index contributed by atoms with van der Waals surface area (Å²) in [6.45, 7) is 0.866. The van der Waals surface area contributed by atoms with Crippen LogP contribution in [0.2, 0.25) is 0 Å². The Morgan fingerprint density at radius 1 is 1.18 bits per heavy atom. The fraction of sp³-hybridized carbons (Fsp3) is 0.222. The molecule has 2 aromatic carbocycles. The largest absolute Gasteiger partial charge is 0.335 e. The van der Waals surface area contributed by atoms with Gasteiger partial charge in [-0.1, -0.05) is 30.3 Å². The Hall–Kier alpha value is -2.62. The van der Waals surface area contributed by atoms with Gasteiger partial charge in [0.2, 0.25) is 5.91 Å². The van der Waals surface area contributed by atoms with Gasteiger partial charge in [0, 0.05) is 36.5 Å². The van der Waals surface area contributed by atoms with Crippen molar-refractivity contribution < 1.29 is 4.79 Å². The van der Waals surface area contributed by atoms with Crippen LogP contribution in [-0.2, 0) is 17.8 Å². The van der Waals surface area contributed by atoms with Crippen molar-refractivity contribution >= 4 is 22.4 Å². The number of hydrogen-bond donors (Lipinski definition) is 1. The number of imidazole rings is 1. The predicted octanol–water partition coefficient (Wildman–Crippen LogP) is 3.24. The van der Waals surface area contributed by atoms with E-state index in [1.165, 1.54) is 5.39 Å². The van der Waals surface area contributed by atoms with Crippen LogP contribution in [0.5, 0.6) is 0 Å². The molecule has 4 rings (SSSR count). The minimum absolute atomic E-state index is 0.0238. The Morgan fingerprint density at radius 2 is 2.05 bits per heavy atom. The van der Waals surface area contributed by atoms with Crippen molar-refractivity contribution in [3.8, 4) is 0 Å². The van der Waals surface area contributed by atoms with Gasteiger partial charge in [-0.3, -0.25) is 4.79 Å². The number of benzene rings is 2. The van der Waals surface area contributed by atoms with E-state index in [1.807, 2.05) is 42.9 Å². The molecule has 0 radical (unpaired) electrons. The predicted molar refractivity (Wildman–Crippen MR) is 86.6 cm³/mol. The molecular formula is C18H17N3O. The second-order valence-corrected chi connectivity index (χ2v) is 5.82. The van der Waals surface area contributed by atoms with E-state index in [-0.39, 0.29) is 11.8 Å². The normalized spacial score (nSPS) is 17.2. The van der Waals surface area contributed by atoms with Crippen molar-refractivity contribution in [3.05, 3.63) is 60.7 Å². The number of fused-ring (bicyclic) bond motifs is 2. The molecular weight excluding hydrogens is 274 g/mol. The zero-order valence-electron chi connectivity index (χ0n) is 12.2. The molecule has 1 unspecified atom stereocenters. The molecule has 1 atom stereocenters. The third-order valence-corrected chi connectivity index (χ3v) is 4.36. The Balaban J connectivity index is 1.51. The second kappa shape index (κ2) is 5.30. The summed E-state index contributed by atoms with van der Waals surface area (Å²) in [6, 6.07) is 14.2. The first kappa shape index (κ1) is 13.1. The number of hydrogen-bond acceptors (Lipinski definition) is 2. The number of carbonyl (C=O) groups excluding carboxylic acids is 1. The van der Waals surface area contributed by atoms with Crippen LogP contribution in [0.4, 0.5) is 5.69 Å². The van der Waals surface area contributed by atoms with Crippen molar-refractivity contribution in [3.63, 3.8) is 0 Å².